The van der Waals surface area contributed by atoms with Gasteiger partial charge >= 0.3 is 0 Å². The molecule has 1 fully saturated rings. The Morgan fingerprint density at radius 3 is 2.69 bits per heavy atom. The van der Waals surface area contributed by atoms with Crippen molar-refractivity contribution in [3.05, 3.63) is 35.9 Å². The summed E-state index contributed by atoms with van der Waals surface area (Å²) in [5, 5.41) is 16.1. The van der Waals surface area contributed by atoms with E-state index in [-0.39, 0.29) is 18.0 Å². The number of benzene rings is 1. The molecule has 1 unspecified atom stereocenters. The highest BCUT2D eigenvalue weighted by Gasteiger charge is 2.26. The third-order valence-electron chi connectivity index (χ3n) is 4.33. The molecule has 0 radical (unpaired) electrons. The van der Waals surface area contributed by atoms with Gasteiger partial charge in [0, 0.05) is 18.7 Å². The first-order valence-corrected chi connectivity index (χ1v) is 9.13. The van der Waals surface area contributed by atoms with Gasteiger partial charge in [0.05, 0.1) is 19.8 Å². The van der Waals surface area contributed by atoms with E-state index in [1.165, 1.54) is 0 Å². The van der Waals surface area contributed by atoms with Crippen LogP contribution in [-0.4, -0.2) is 49.6 Å². The highest BCUT2D eigenvalue weighted by Crippen LogP contribution is 2.13. The predicted octanol–water partition coefficient (Wildman–Crippen LogP) is 1.94. The monoisotopic (exact) mass is 362 g/mol. The van der Waals surface area contributed by atoms with Crippen LogP contribution in [0.15, 0.2) is 30.3 Å². The predicted molar refractivity (Wildman–Crippen MR) is 102 cm³/mol. The van der Waals surface area contributed by atoms with Crippen LogP contribution in [0.5, 0.6) is 5.75 Å². The van der Waals surface area contributed by atoms with Crippen LogP contribution < -0.4 is 15.4 Å². The fourth-order valence-corrected chi connectivity index (χ4v) is 2.97. The van der Waals surface area contributed by atoms with Crippen LogP contribution in [0.1, 0.15) is 32.3 Å². The Labute approximate surface area is 155 Å². The molecule has 1 aliphatic heterocycles. The molecule has 2 rings (SSSR count). The normalized spacial score (nSPS) is 21.3. The van der Waals surface area contributed by atoms with Crippen molar-refractivity contribution in [1.29, 1.82) is 0 Å². The lowest BCUT2D eigenvalue weighted by Gasteiger charge is -2.23. The molecule has 1 heterocycles. The molecular formula is C20H30N2O4. The van der Waals surface area contributed by atoms with Gasteiger partial charge in [-0.1, -0.05) is 26.0 Å². The molecule has 1 aromatic rings. The molecule has 0 bridgehead atoms. The van der Waals surface area contributed by atoms with E-state index in [1.54, 1.807) is 19.3 Å². The van der Waals surface area contributed by atoms with Crippen molar-refractivity contribution in [2.75, 3.05) is 20.3 Å². The Bertz CT molecular complexity index is 586. The maximum absolute atomic E-state index is 12.3. The van der Waals surface area contributed by atoms with Crippen molar-refractivity contribution in [2.45, 2.75) is 45.1 Å². The summed E-state index contributed by atoms with van der Waals surface area (Å²) in [6.45, 7) is 5.41. The van der Waals surface area contributed by atoms with Gasteiger partial charge in [-0.3, -0.25) is 4.79 Å². The molecule has 0 spiro atoms. The Morgan fingerprint density at radius 1 is 1.38 bits per heavy atom. The second-order valence-electron chi connectivity index (χ2n) is 7.01. The first kappa shape index (κ1) is 20.4. The van der Waals surface area contributed by atoms with Gasteiger partial charge in [0.2, 0.25) is 5.91 Å². The SMILES string of the molecule is COc1ccc(/C=C/C(=O)N[C@@H](CN[C@H]2CCOC2O)CC(C)C)cc1. The van der Waals surface area contributed by atoms with Crippen LogP contribution in [0.3, 0.4) is 0 Å². The molecule has 6 heteroatoms. The number of carbonyl (C=O) groups excluding carboxylic acids is 1. The minimum atomic E-state index is -0.764. The lowest BCUT2D eigenvalue weighted by atomic mass is 10.0. The first-order valence-electron chi connectivity index (χ1n) is 9.13. The van der Waals surface area contributed by atoms with E-state index in [0.717, 1.165) is 24.2 Å². The molecule has 144 valence electrons. The molecule has 26 heavy (non-hydrogen) atoms. The molecule has 3 atom stereocenters. The van der Waals surface area contributed by atoms with E-state index in [9.17, 15) is 9.90 Å². The number of amides is 1. The van der Waals surface area contributed by atoms with Gasteiger partial charge in [0.15, 0.2) is 6.29 Å². The Morgan fingerprint density at radius 2 is 2.12 bits per heavy atom. The minimum Gasteiger partial charge on any atom is -0.497 e. The fraction of sp³-hybridized carbons (Fsp3) is 0.550. The quantitative estimate of drug-likeness (QED) is 0.585. The van der Waals surface area contributed by atoms with E-state index in [4.69, 9.17) is 9.47 Å². The number of hydrogen-bond acceptors (Lipinski definition) is 5. The molecule has 6 nitrogen and oxygen atoms in total. The lowest BCUT2D eigenvalue weighted by molar-refractivity contribution is -0.117. The third kappa shape index (κ3) is 6.78. The number of carbonyl (C=O) groups is 1. The van der Waals surface area contributed by atoms with E-state index < -0.39 is 6.29 Å². The van der Waals surface area contributed by atoms with Crippen LogP contribution in [0.25, 0.3) is 6.08 Å². The van der Waals surface area contributed by atoms with E-state index >= 15 is 0 Å². The molecule has 1 saturated heterocycles. The van der Waals surface area contributed by atoms with E-state index in [0.29, 0.717) is 19.1 Å². The average Bonchev–Trinajstić information content (AvgIpc) is 3.03. The highest BCUT2D eigenvalue weighted by molar-refractivity contribution is 5.91. The third-order valence-corrected chi connectivity index (χ3v) is 4.33. The summed E-state index contributed by atoms with van der Waals surface area (Å²) in [5.74, 6) is 1.11. The van der Waals surface area contributed by atoms with Gasteiger partial charge in [0.25, 0.3) is 0 Å². The van der Waals surface area contributed by atoms with Crippen molar-refractivity contribution in [3.8, 4) is 5.75 Å². The minimum absolute atomic E-state index is 0.00387. The Kier molecular flexibility index (Phi) is 8.09. The summed E-state index contributed by atoms with van der Waals surface area (Å²) in [6, 6.07) is 7.44. The van der Waals surface area contributed by atoms with Crippen molar-refractivity contribution in [3.63, 3.8) is 0 Å². The van der Waals surface area contributed by atoms with Crippen molar-refractivity contribution >= 4 is 12.0 Å². The fourth-order valence-electron chi connectivity index (χ4n) is 2.97. The number of nitrogens with one attached hydrogen (secondary N) is 2. The second-order valence-corrected chi connectivity index (χ2v) is 7.01. The van der Waals surface area contributed by atoms with Crippen molar-refractivity contribution in [1.82, 2.24) is 10.6 Å². The molecular weight excluding hydrogens is 332 g/mol. The van der Waals surface area contributed by atoms with Gasteiger partial charge in [-0.05, 0) is 42.5 Å². The molecule has 0 aromatic heterocycles. The Hall–Kier alpha value is -1.89. The smallest absolute Gasteiger partial charge is 0.244 e. The zero-order valence-corrected chi connectivity index (χ0v) is 15.8. The summed E-state index contributed by atoms with van der Waals surface area (Å²) in [5.41, 5.74) is 0.936. The summed E-state index contributed by atoms with van der Waals surface area (Å²) < 4.78 is 10.3. The van der Waals surface area contributed by atoms with Crippen LogP contribution in [0.4, 0.5) is 0 Å². The summed E-state index contributed by atoms with van der Waals surface area (Å²) in [4.78, 5) is 12.3. The Balaban J connectivity index is 1.86. The van der Waals surface area contributed by atoms with Crippen molar-refractivity contribution in [2.24, 2.45) is 5.92 Å². The summed E-state index contributed by atoms with van der Waals surface area (Å²) in [7, 11) is 1.62. The number of methoxy groups -OCH3 is 1. The number of aliphatic hydroxyl groups excluding tert-OH is 1. The van der Waals surface area contributed by atoms with Gasteiger partial charge in [-0.2, -0.15) is 0 Å². The van der Waals surface area contributed by atoms with Crippen molar-refractivity contribution < 1.29 is 19.4 Å². The number of hydrogen-bond donors (Lipinski definition) is 3. The summed E-state index contributed by atoms with van der Waals surface area (Å²) in [6.07, 6.45) is 4.20. The summed E-state index contributed by atoms with van der Waals surface area (Å²) >= 11 is 0. The molecule has 1 amide bonds. The zero-order valence-electron chi connectivity index (χ0n) is 15.8. The van der Waals surface area contributed by atoms with Crippen LogP contribution in [-0.2, 0) is 9.53 Å². The highest BCUT2D eigenvalue weighted by atomic mass is 16.6. The maximum Gasteiger partial charge on any atom is 0.244 e. The largest absolute Gasteiger partial charge is 0.497 e. The van der Waals surface area contributed by atoms with Gasteiger partial charge < -0.3 is 25.2 Å². The van der Waals surface area contributed by atoms with E-state index in [2.05, 4.69) is 24.5 Å². The first-order chi connectivity index (χ1) is 12.5. The van der Waals surface area contributed by atoms with Crippen LogP contribution >= 0.6 is 0 Å². The zero-order chi connectivity index (χ0) is 18.9. The molecule has 3 N–H and O–H groups in total. The molecule has 1 aromatic carbocycles. The lowest BCUT2D eigenvalue weighted by Crippen LogP contribution is -2.47. The number of aliphatic hydroxyl groups is 1. The standard InChI is InChI=1S/C20H30N2O4/c1-14(2)12-16(13-21-18-10-11-26-20(18)24)22-19(23)9-6-15-4-7-17(25-3)8-5-15/h4-9,14,16,18,20-21,24H,10-13H2,1-3H3,(H,22,23)/b9-6+/t16-,18+,20?/m1/s1. The molecule has 0 aliphatic carbocycles. The molecule has 1 aliphatic rings. The molecule has 0 saturated carbocycles. The van der Waals surface area contributed by atoms with Crippen LogP contribution in [0.2, 0.25) is 0 Å². The maximum atomic E-state index is 12.3. The van der Waals surface area contributed by atoms with E-state index in [1.807, 2.05) is 24.3 Å². The second kappa shape index (κ2) is 10.3. The van der Waals surface area contributed by atoms with Gasteiger partial charge in [-0.25, -0.2) is 0 Å². The van der Waals surface area contributed by atoms with Crippen LogP contribution in [0, 0.1) is 5.92 Å². The van der Waals surface area contributed by atoms with Gasteiger partial charge in [-0.15, -0.1) is 0 Å². The number of rotatable bonds is 9. The topological polar surface area (TPSA) is 79.8 Å². The number of ether oxygens (including phenoxy) is 2. The van der Waals surface area contributed by atoms with Gasteiger partial charge in [0.1, 0.15) is 5.75 Å². The average molecular weight is 362 g/mol.